The number of ether oxygens (including phenoxy) is 4. The van der Waals surface area contributed by atoms with Crippen LogP contribution >= 0.6 is 0 Å². The number of hydrogen-bond donors (Lipinski definition) is 9. The SMILES string of the molecule is CC1O[C@@H](OC2C(Oc3cc(O)c(C(=O)CCc4ccc(O)cc4)c(O)c3)OC(CO)[C@@H](O)[C@@H]2O)[C@H](O)[C@H](O)[C@H]1O. The smallest absolute Gasteiger partial charge is 0.229 e. The molecule has 41 heavy (non-hydrogen) atoms. The zero-order chi connectivity index (χ0) is 30.0. The monoisotopic (exact) mass is 582 g/mol. The third-order valence-electron chi connectivity index (χ3n) is 7.10. The van der Waals surface area contributed by atoms with Crippen LogP contribution in [0.25, 0.3) is 0 Å². The Balaban J connectivity index is 1.52. The van der Waals surface area contributed by atoms with E-state index in [0.717, 1.165) is 17.7 Å². The fourth-order valence-electron chi connectivity index (χ4n) is 4.70. The topological polar surface area (TPSA) is 236 Å². The van der Waals surface area contributed by atoms with Crippen LogP contribution in [0.1, 0.15) is 29.3 Å². The third kappa shape index (κ3) is 6.72. The highest BCUT2D eigenvalue weighted by molar-refractivity contribution is 6.01. The van der Waals surface area contributed by atoms with Crippen molar-refractivity contribution in [2.24, 2.45) is 0 Å². The first-order valence-electron chi connectivity index (χ1n) is 12.9. The molecule has 2 aliphatic heterocycles. The Morgan fingerprint density at radius 1 is 0.829 bits per heavy atom. The Morgan fingerprint density at radius 3 is 2.07 bits per heavy atom. The third-order valence-corrected chi connectivity index (χ3v) is 7.10. The van der Waals surface area contributed by atoms with Gasteiger partial charge in [0.05, 0.1) is 12.7 Å². The van der Waals surface area contributed by atoms with Gasteiger partial charge in [-0.2, -0.15) is 0 Å². The van der Waals surface area contributed by atoms with Crippen LogP contribution in [0.3, 0.4) is 0 Å². The standard InChI is InChI=1S/C27H34O14/c1-11-20(33)22(35)24(37)26(38-11)41-25-23(36)21(34)18(10-28)40-27(25)39-14-8-16(31)19(17(32)9-14)15(30)7-4-12-2-5-13(29)6-3-12/h2-3,5-6,8-9,11,18,20-29,31-37H,4,7,10H2,1H3/t11?,18?,20-,21+,22+,23-,24+,25?,26-,27?/m0/s1. The van der Waals surface area contributed by atoms with Crippen LogP contribution in [0, 0.1) is 0 Å². The Kier molecular flexibility index (Phi) is 9.69. The van der Waals surface area contributed by atoms with Crippen molar-refractivity contribution in [3.63, 3.8) is 0 Å². The molecule has 0 radical (unpaired) electrons. The van der Waals surface area contributed by atoms with E-state index in [1.54, 1.807) is 12.1 Å². The maximum Gasteiger partial charge on any atom is 0.229 e. The van der Waals surface area contributed by atoms with E-state index in [-0.39, 0.29) is 29.9 Å². The summed E-state index contributed by atoms with van der Waals surface area (Å²) in [6.07, 6.45) is -15.3. The Labute approximate surface area is 234 Å². The molecule has 14 nitrogen and oxygen atoms in total. The molecule has 0 aliphatic carbocycles. The molecule has 226 valence electrons. The van der Waals surface area contributed by atoms with Crippen LogP contribution in [0.4, 0.5) is 0 Å². The van der Waals surface area contributed by atoms with E-state index in [1.807, 2.05) is 0 Å². The molecule has 0 saturated carbocycles. The minimum atomic E-state index is -1.77. The number of aryl methyl sites for hydroxylation is 1. The van der Waals surface area contributed by atoms with E-state index in [1.165, 1.54) is 19.1 Å². The van der Waals surface area contributed by atoms with Gasteiger partial charge in [0.25, 0.3) is 0 Å². The van der Waals surface area contributed by atoms with Crippen molar-refractivity contribution in [3.05, 3.63) is 47.5 Å². The number of carbonyl (C=O) groups is 1. The molecule has 2 aromatic rings. The van der Waals surface area contributed by atoms with Gasteiger partial charge in [-0.05, 0) is 31.0 Å². The fourth-order valence-corrected chi connectivity index (χ4v) is 4.70. The summed E-state index contributed by atoms with van der Waals surface area (Å²) >= 11 is 0. The first-order chi connectivity index (χ1) is 19.4. The van der Waals surface area contributed by atoms with Crippen LogP contribution in [0.2, 0.25) is 0 Å². The van der Waals surface area contributed by atoms with E-state index in [2.05, 4.69) is 0 Å². The van der Waals surface area contributed by atoms with Crippen molar-refractivity contribution in [1.29, 1.82) is 0 Å². The molecule has 4 rings (SSSR count). The molecule has 0 bridgehead atoms. The lowest BCUT2D eigenvalue weighted by molar-refractivity contribution is -0.354. The number of aliphatic hydroxyl groups excluding tert-OH is 6. The predicted octanol–water partition coefficient (Wildman–Crippen LogP) is -1.35. The first-order valence-corrected chi connectivity index (χ1v) is 12.9. The fraction of sp³-hybridized carbons (Fsp3) is 0.519. The summed E-state index contributed by atoms with van der Waals surface area (Å²) in [6, 6.07) is 8.22. The largest absolute Gasteiger partial charge is 0.508 e. The lowest BCUT2D eigenvalue weighted by Gasteiger charge is -2.45. The van der Waals surface area contributed by atoms with Crippen molar-refractivity contribution in [2.75, 3.05) is 6.61 Å². The number of phenols is 3. The summed E-state index contributed by atoms with van der Waals surface area (Å²) in [5.41, 5.74) is 0.385. The second-order valence-electron chi connectivity index (χ2n) is 10.0. The van der Waals surface area contributed by atoms with E-state index >= 15 is 0 Å². The number of aromatic hydroxyl groups is 3. The van der Waals surface area contributed by atoms with Gasteiger partial charge < -0.3 is 64.9 Å². The maximum absolute atomic E-state index is 12.7. The van der Waals surface area contributed by atoms with E-state index in [0.29, 0.717) is 0 Å². The van der Waals surface area contributed by atoms with Crippen LogP contribution in [0.5, 0.6) is 23.0 Å². The van der Waals surface area contributed by atoms with Crippen molar-refractivity contribution in [1.82, 2.24) is 0 Å². The van der Waals surface area contributed by atoms with Gasteiger partial charge in [-0.15, -0.1) is 0 Å². The number of rotatable bonds is 9. The van der Waals surface area contributed by atoms with E-state index in [9.17, 15) is 50.8 Å². The second-order valence-corrected chi connectivity index (χ2v) is 10.0. The summed E-state index contributed by atoms with van der Waals surface area (Å²) in [5.74, 6) is -2.00. The maximum atomic E-state index is 12.7. The zero-order valence-electron chi connectivity index (χ0n) is 21.9. The summed E-state index contributed by atoms with van der Waals surface area (Å²) in [4.78, 5) is 12.7. The Bertz CT molecular complexity index is 1170. The normalized spacial score (nSPS) is 33.8. The molecule has 4 unspecified atom stereocenters. The van der Waals surface area contributed by atoms with E-state index in [4.69, 9.17) is 18.9 Å². The lowest BCUT2D eigenvalue weighted by Crippen LogP contribution is -2.64. The van der Waals surface area contributed by atoms with Crippen molar-refractivity contribution >= 4 is 5.78 Å². The average molecular weight is 583 g/mol. The van der Waals surface area contributed by atoms with Gasteiger partial charge in [0.15, 0.2) is 18.2 Å². The molecular formula is C27H34O14. The average Bonchev–Trinajstić information content (AvgIpc) is 2.93. The van der Waals surface area contributed by atoms with E-state index < -0.39 is 85.3 Å². The van der Waals surface area contributed by atoms with Gasteiger partial charge in [0.2, 0.25) is 6.29 Å². The Hall–Kier alpha value is -3.05. The Morgan fingerprint density at radius 2 is 1.46 bits per heavy atom. The minimum Gasteiger partial charge on any atom is -0.508 e. The van der Waals surface area contributed by atoms with Gasteiger partial charge in [-0.3, -0.25) is 4.79 Å². The quantitative estimate of drug-likeness (QED) is 0.156. The number of carbonyl (C=O) groups excluding carboxylic acids is 1. The summed E-state index contributed by atoms with van der Waals surface area (Å²) < 4.78 is 22.2. The first kappa shape index (κ1) is 30.9. The van der Waals surface area contributed by atoms with Crippen LogP contribution in [-0.4, -0.2) is 120 Å². The highest BCUT2D eigenvalue weighted by Crippen LogP contribution is 2.36. The number of phenolic OH excluding ortho intramolecular Hbond substituents is 3. The van der Waals surface area contributed by atoms with Gasteiger partial charge >= 0.3 is 0 Å². The molecule has 0 spiro atoms. The summed E-state index contributed by atoms with van der Waals surface area (Å²) in [7, 11) is 0. The highest BCUT2D eigenvalue weighted by atomic mass is 16.8. The van der Waals surface area contributed by atoms with Crippen molar-refractivity contribution < 1.29 is 69.7 Å². The molecule has 9 N–H and O–H groups in total. The number of ketones is 1. The van der Waals surface area contributed by atoms with Gasteiger partial charge in [0.1, 0.15) is 65.2 Å². The minimum absolute atomic E-state index is 0.0706. The predicted molar refractivity (Wildman–Crippen MR) is 136 cm³/mol. The van der Waals surface area contributed by atoms with Crippen molar-refractivity contribution in [2.45, 2.75) is 81.2 Å². The molecule has 2 aliphatic rings. The number of hydrogen-bond acceptors (Lipinski definition) is 14. The molecule has 2 aromatic carbocycles. The lowest BCUT2D eigenvalue weighted by atomic mass is 9.97. The summed E-state index contributed by atoms with van der Waals surface area (Å²) in [5, 5.41) is 91.5. The number of Topliss-reactive ketones (excluding diaryl/α,β-unsaturated/α-hetero) is 1. The van der Waals surface area contributed by atoms with Crippen LogP contribution in [0.15, 0.2) is 36.4 Å². The molecule has 14 heteroatoms. The summed E-state index contributed by atoms with van der Waals surface area (Å²) in [6.45, 7) is 0.675. The highest BCUT2D eigenvalue weighted by Gasteiger charge is 2.51. The van der Waals surface area contributed by atoms with Crippen LogP contribution in [-0.2, 0) is 20.6 Å². The number of aliphatic hydroxyl groups is 6. The molecular weight excluding hydrogens is 548 g/mol. The molecule has 2 heterocycles. The molecule has 10 atom stereocenters. The number of benzene rings is 2. The van der Waals surface area contributed by atoms with Gasteiger partial charge in [0, 0.05) is 18.6 Å². The zero-order valence-corrected chi connectivity index (χ0v) is 21.9. The molecule has 0 aromatic heterocycles. The molecule has 2 saturated heterocycles. The molecule has 0 amide bonds. The van der Waals surface area contributed by atoms with Crippen molar-refractivity contribution in [3.8, 4) is 23.0 Å². The van der Waals surface area contributed by atoms with Gasteiger partial charge in [-0.25, -0.2) is 0 Å². The second kappa shape index (κ2) is 12.9. The van der Waals surface area contributed by atoms with Gasteiger partial charge in [-0.1, -0.05) is 12.1 Å². The van der Waals surface area contributed by atoms with Crippen LogP contribution < -0.4 is 4.74 Å². The molecule has 2 fully saturated rings.